The summed E-state index contributed by atoms with van der Waals surface area (Å²) in [6.45, 7) is 2.39. The monoisotopic (exact) mass is 258 g/mol. The lowest BCUT2D eigenvalue weighted by Crippen LogP contribution is -2.26. The van der Waals surface area contributed by atoms with Crippen LogP contribution in [0.25, 0.3) is 0 Å². The summed E-state index contributed by atoms with van der Waals surface area (Å²) in [5.41, 5.74) is 5.41. The number of hydrogen-bond donors (Lipinski definition) is 2. The summed E-state index contributed by atoms with van der Waals surface area (Å²) in [7, 11) is 0. The fourth-order valence-corrected chi connectivity index (χ4v) is 1.46. The van der Waals surface area contributed by atoms with Gasteiger partial charge in [-0.1, -0.05) is 0 Å². The molecular formula is C12H16F2N2O2. The summed E-state index contributed by atoms with van der Waals surface area (Å²) in [6.07, 6.45) is 0. The molecule has 3 N–H and O–H groups in total. The Hall–Kier alpha value is -1.53. The first-order valence-corrected chi connectivity index (χ1v) is 5.54. The second-order valence-electron chi connectivity index (χ2n) is 3.90. The first-order valence-electron chi connectivity index (χ1n) is 5.54. The van der Waals surface area contributed by atoms with Gasteiger partial charge in [0, 0.05) is 18.7 Å². The predicted octanol–water partition coefficient (Wildman–Crippen LogP) is 1.12. The zero-order valence-corrected chi connectivity index (χ0v) is 10.1. The number of amides is 1. The van der Waals surface area contributed by atoms with Crippen LogP contribution < -0.4 is 11.1 Å². The van der Waals surface area contributed by atoms with Crippen LogP contribution in [0.4, 0.5) is 8.78 Å². The van der Waals surface area contributed by atoms with E-state index in [0.717, 1.165) is 6.07 Å². The van der Waals surface area contributed by atoms with Crippen molar-refractivity contribution in [3.05, 3.63) is 35.4 Å². The Morgan fingerprint density at radius 2 is 2.00 bits per heavy atom. The molecule has 1 rings (SSSR count). The summed E-state index contributed by atoms with van der Waals surface area (Å²) in [6, 6.07) is 3.15. The zero-order chi connectivity index (χ0) is 13.5. The maximum absolute atomic E-state index is 13.0. The number of carbonyl (C=O) groups excluding carboxylic acids is 1. The Bertz CT molecular complexity index is 393. The molecule has 18 heavy (non-hydrogen) atoms. The molecule has 0 spiro atoms. The van der Waals surface area contributed by atoms with E-state index < -0.39 is 17.5 Å². The summed E-state index contributed by atoms with van der Waals surface area (Å²) >= 11 is 0. The van der Waals surface area contributed by atoms with E-state index in [1.54, 1.807) is 6.92 Å². The molecule has 1 atom stereocenters. The molecule has 6 heteroatoms. The van der Waals surface area contributed by atoms with Crippen LogP contribution in [0.3, 0.4) is 0 Å². The number of carbonyl (C=O) groups is 1. The van der Waals surface area contributed by atoms with Crippen molar-refractivity contribution < 1.29 is 18.3 Å². The van der Waals surface area contributed by atoms with Crippen LogP contribution >= 0.6 is 0 Å². The van der Waals surface area contributed by atoms with Crippen LogP contribution in [0.5, 0.6) is 0 Å². The quantitative estimate of drug-likeness (QED) is 0.720. The van der Waals surface area contributed by atoms with Crippen LogP contribution in [-0.4, -0.2) is 25.7 Å². The van der Waals surface area contributed by atoms with Gasteiger partial charge in [-0.05, 0) is 24.6 Å². The Labute approximate surface area is 104 Å². The van der Waals surface area contributed by atoms with Gasteiger partial charge in [0.15, 0.2) is 0 Å². The van der Waals surface area contributed by atoms with Crippen molar-refractivity contribution in [1.82, 2.24) is 5.32 Å². The fourth-order valence-electron chi connectivity index (χ4n) is 1.46. The van der Waals surface area contributed by atoms with Gasteiger partial charge in [-0.2, -0.15) is 0 Å². The van der Waals surface area contributed by atoms with Crippen LogP contribution in [0.2, 0.25) is 0 Å². The first-order chi connectivity index (χ1) is 8.49. The predicted molar refractivity (Wildman–Crippen MR) is 62.8 cm³/mol. The van der Waals surface area contributed by atoms with Gasteiger partial charge >= 0.3 is 0 Å². The van der Waals surface area contributed by atoms with E-state index in [2.05, 4.69) is 5.32 Å². The summed E-state index contributed by atoms with van der Waals surface area (Å²) < 4.78 is 30.9. The lowest BCUT2D eigenvalue weighted by molar-refractivity contribution is -0.122. The molecule has 1 aromatic carbocycles. The van der Waals surface area contributed by atoms with Gasteiger partial charge in [0.2, 0.25) is 5.91 Å². The number of nitrogens with one attached hydrogen (secondary N) is 1. The van der Waals surface area contributed by atoms with E-state index in [1.807, 2.05) is 0 Å². The molecular weight excluding hydrogens is 242 g/mol. The van der Waals surface area contributed by atoms with Gasteiger partial charge in [-0.25, -0.2) is 8.78 Å². The van der Waals surface area contributed by atoms with Crippen molar-refractivity contribution in [2.24, 2.45) is 5.73 Å². The molecule has 0 aliphatic heterocycles. The van der Waals surface area contributed by atoms with Gasteiger partial charge in [0.05, 0.1) is 6.61 Å². The summed E-state index contributed by atoms with van der Waals surface area (Å²) in [4.78, 5) is 10.4. The van der Waals surface area contributed by atoms with Crippen LogP contribution in [0, 0.1) is 11.6 Å². The van der Waals surface area contributed by atoms with E-state index in [0.29, 0.717) is 18.7 Å². The Morgan fingerprint density at radius 3 is 2.56 bits per heavy atom. The molecule has 0 aliphatic rings. The smallest absolute Gasteiger partial charge is 0.243 e. The van der Waals surface area contributed by atoms with Crippen molar-refractivity contribution in [1.29, 1.82) is 0 Å². The summed E-state index contributed by atoms with van der Waals surface area (Å²) in [5.74, 6) is -1.75. The largest absolute Gasteiger partial charge is 0.370 e. The molecule has 0 fully saturated rings. The topological polar surface area (TPSA) is 64.3 Å². The second kappa shape index (κ2) is 7.03. The maximum atomic E-state index is 13.0. The minimum Gasteiger partial charge on any atom is -0.370 e. The van der Waals surface area contributed by atoms with Crippen molar-refractivity contribution in [2.45, 2.75) is 13.0 Å². The lowest BCUT2D eigenvalue weighted by atomic mass is 10.1. The number of rotatable bonds is 7. The summed E-state index contributed by atoms with van der Waals surface area (Å²) in [5, 5.41) is 3.02. The van der Waals surface area contributed by atoms with Crippen molar-refractivity contribution in [2.75, 3.05) is 19.8 Å². The molecule has 0 aromatic heterocycles. The average molecular weight is 258 g/mol. The molecule has 0 radical (unpaired) electrons. The van der Waals surface area contributed by atoms with E-state index in [9.17, 15) is 13.6 Å². The van der Waals surface area contributed by atoms with Gasteiger partial charge in [-0.3, -0.25) is 4.79 Å². The molecule has 0 saturated carbocycles. The van der Waals surface area contributed by atoms with Gasteiger partial charge in [0.25, 0.3) is 0 Å². The lowest BCUT2D eigenvalue weighted by Gasteiger charge is -2.14. The van der Waals surface area contributed by atoms with Crippen molar-refractivity contribution >= 4 is 5.91 Å². The number of primary amides is 1. The third-order valence-electron chi connectivity index (χ3n) is 2.33. The average Bonchev–Trinajstić information content (AvgIpc) is 2.26. The van der Waals surface area contributed by atoms with Gasteiger partial charge < -0.3 is 15.8 Å². The van der Waals surface area contributed by atoms with E-state index >= 15 is 0 Å². The maximum Gasteiger partial charge on any atom is 0.243 e. The molecule has 1 unspecified atom stereocenters. The normalized spacial score (nSPS) is 12.4. The highest BCUT2D eigenvalue weighted by molar-refractivity contribution is 5.74. The Balaban J connectivity index is 2.36. The van der Waals surface area contributed by atoms with Gasteiger partial charge in [0.1, 0.15) is 18.2 Å². The molecule has 100 valence electrons. The molecule has 0 saturated heterocycles. The third-order valence-corrected chi connectivity index (χ3v) is 2.33. The fraction of sp³-hybridized carbons (Fsp3) is 0.417. The highest BCUT2D eigenvalue weighted by Crippen LogP contribution is 2.15. The standard InChI is InChI=1S/C12H16F2N2O2/c1-8(16-2-3-18-7-12(15)17)9-4-10(13)6-11(14)5-9/h4-6,8,16H,2-3,7H2,1H3,(H2,15,17). The zero-order valence-electron chi connectivity index (χ0n) is 10.1. The highest BCUT2D eigenvalue weighted by atomic mass is 19.1. The Kier molecular flexibility index (Phi) is 5.67. The van der Waals surface area contributed by atoms with E-state index in [1.165, 1.54) is 12.1 Å². The van der Waals surface area contributed by atoms with Gasteiger partial charge in [-0.15, -0.1) is 0 Å². The van der Waals surface area contributed by atoms with Crippen molar-refractivity contribution in [3.63, 3.8) is 0 Å². The molecule has 0 aliphatic carbocycles. The molecule has 0 heterocycles. The third kappa shape index (κ3) is 5.20. The highest BCUT2D eigenvalue weighted by Gasteiger charge is 2.07. The number of ether oxygens (including phenoxy) is 1. The van der Waals surface area contributed by atoms with Crippen molar-refractivity contribution in [3.8, 4) is 0 Å². The van der Waals surface area contributed by atoms with E-state index in [4.69, 9.17) is 10.5 Å². The second-order valence-corrected chi connectivity index (χ2v) is 3.90. The molecule has 1 aromatic rings. The number of halogens is 2. The Morgan fingerprint density at radius 1 is 1.39 bits per heavy atom. The molecule has 4 nitrogen and oxygen atoms in total. The first kappa shape index (κ1) is 14.5. The van der Waals surface area contributed by atoms with E-state index in [-0.39, 0.29) is 12.6 Å². The number of benzene rings is 1. The molecule has 0 bridgehead atoms. The number of nitrogens with two attached hydrogens (primary N) is 1. The molecule has 1 amide bonds. The van der Waals surface area contributed by atoms with Crippen LogP contribution in [0.15, 0.2) is 18.2 Å². The number of hydrogen-bond acceptors (Lipinski definition) is 3. The van der Waals surface area contributed by atoms with Crippen LogP contribution in [0.1, 0.15) is 18.5 Å². The minimum atomic E-state index is -0.608. The van der Waals surface area contributed by atoms with Crippen LogP contribution in [-0.2, 0) is 9.53 Å². The SMILES string of the molecule is CC(NCCOCC(N)=O)c1cc(F)cc(F)c1. The minimum absolute atomic E-state index is 0.134.